The van der Waals surface area contributed by atoms with E-state index in [0.717, 1.165) is 5.56 Å². The summed E-state index contributed by atoms with van der Waals surface area (Å²) in [5.74, 6) is -0.871. The van der Waals surface area contributed by atoms with E-state index in [0.29, 0.717) is 22.1 Å². The number of hydrogen-bond donors (Lipinski definition) is 1. The lowest BCUT2D eigenvalue weighted by atomic mass is 10.2. The fourth-order valence-corrected chi connectivity index (χ4v) is 2.40. The molecule has 0 spiro atoms. The van der Waals surface area contributed by atoms with Gasteiger partial charge in [0.1, 0.15) is 5.82 Å². The van der Waals surface area contributed by atoms with Crippen LogP contribution in [0.4, 0.5) is 10.1 Å². The van der Waals surface area contributed by atoms with Crippen LogP contribution in [0.25, 0.3) is 5.69 Å². The second kappa shape index (κ2) is 6.41. The smallest absolute Gasteiger partial charge is 0.278 e. The molecule has 0 radical (unpaired) electrons. The topological polar surface area (TPSA) is 59.8 Å². The van der Waals surface area contributed by atoms with E-state index in [1.165, 1.54) is 16.9 Å². The highest BCUT2D eigenvalue weighted by Crippen LogP contribution is 2.18. The Hall–Kier alpha value is -2.73. The zero-order valence-electron chi connectivity index (χ0n) is 13.0. The van der Waals surface area contributed by atoms with Gasteiger partial charge in [0.25, 0.3) is 5.91 Å². The van der Waals surface area contributed by atoms with Gasteiger partial charge in [-0.05, 0) is 49.7 Å². The number of nitrogens with one attached hydrogen (secondary N) is 1. The van der Waals surface area contributed by atoms with Gasteiger partial charge in [0.2, 0.25) is 0 Å². The van der Waals surface area contributed by atoms with Crippen LogP contribution in [-0.4, -0.2) is 20.9 Å². The van der Waals surface area contributed by atoms with E-state index in [1.54, 1.807) is 44.2 Å². The van der Waals surface area contributed by atoms with Crippen LogP contribution in [0.3, 0.4) is 0 Å². The molecular formula is C17H14ClFN4O. The number of aromatic nitrogens is 3. The van der Waals surface area contributed by atoms with Crippen molar-refractivity contribution in [3.05, 3.63) is 70.3 Å². The van der Waals surface area contributed by atoms with Crippen molar-refractivity contribution >= 4 is 23.2 Å². The predicted octanol–water partition coefficient (Wildman–Crippen LogP) is 3.93. The van der Waals surface area contributed by atoms with E-state index >= 15 is 0 Å². The number of aryl methyl sites for hydroxylation is 2. The summed E-state index contributed by atoms with van der Waals surface area (Å²) in [6.45, 7) is 3.46. The Bertz CT molecular complexity index is 923. The summed E-state index contributed by atoms with van der Waals surface area (Å²) in [6, 6.07) is 11.2. The number of anilines is 1. The van der Waals surface area contributed by atoms with Crippen molar-refractivity contribution in [3.8, 4) is 5.69 Å². The first-order valence-electron chi connectivity index (χ1n) is 7.21. The summed E-state index contributed by atoms with van der Waals surface area (Å²) in [5.41, 5.74) is 2.42. The van der Waals surface area contributed by atoms with Crippen LogP contribution >= 0.6 is 11.6 Å². The number of benzene rings is 2. The number of amides is 1. The quantitative estimate of drug-likeness (QED) is 0.783. The van der Waals surface area contributed by atoms with E-state index in [-0.39, 0.29) is 5.69 Å². The van der Waals surface area contributed by atoms with Crippen LogP contribution in [0.1, 0.15) is 21.7 Å². The van der Waals surface area contributed by atoms with Gasteiger partial charge < -0.3 is 5.32 Å². The first kappa shape index (κ1) is 16.1. The second-order valence-corrected chi connectivity index (χ2v) is 5.75. The summed E-state index contributed by atoms with van der Waals surface area (Å²) in [7, 11) is 0. The summed E-state index contributed by atoms with van der Waals surface area (Å²) >= 11 is 5.96. The van der Waals surface area contributed by atoms with Crippen molar-refractivity contribution in [2.24, 2.45) is 0 Å². The van der Waals surface area contributed by atoms with Crippen LogP contribution < -0.4 is 5.32 Å². The molecule has 0 aliphatic carbocycles. The van der Waals surface area contributed by atoms with Crippen LogP contribution in [-0.2, 0) is 0 Å². The average Bonchev–Trinajstić information content (AvgIpc) is 2.93. The second-order valence-electron chi connectivity index (χ2n) is 5.32. The minimum absolute atomic E-state index is 0.165. The maximum absolute atomic E-state index is 13.3. The van der Waals surface area contributed by atoms with Crippen molar-refractivity contribution in [3.63, 3.8) is 0 Å². The van der Waals surface area contributed by atoms with Gasteiger partial charge in [0.05, 0.1) is 11.4 Å². The summed E-state index contributed by atoms with van der Waals surface area (Å²) in [5, 5.41) is 11.7. The fourth-order valence-electron chi connectivity index (χ4n) is 2.22. The lowest BCUT2D eigenvalue weighted by molar-refractivity contribution is 0.102. The molecule has 1 heterocycles. The van der Waals surface area contributed by atoms with Gasteiger partial charge in [-0.1, -0.05) is 23.7 Å². The normalized spacial score (nSPS) is 10.7. The monoisotopic (exact) mass is 344 g/mol. The maximum atomic E-state index is 13.3. The third kappa shape index (κ3) is 3.28. The first-order chi connectivity index (χ1) is 11.4. The van der Waals surface area contributed by atoms with Crippen LogP contribution in [0, 0.1) is 19.7 Å². The molecule has 0 saturated heterocycles. The minimum Gasteiger partial charge on any atom is -0.320 e. The fraction of sp³-hybridized carbons (Fsp3) is 0.118. The first-order valence-corrected chi connectivity index (χ1v) is 7.59. The molecule has 0 atom stereocenters. The third-order valence-corrected chi connectivity index (χ3v) is 3.72. The van der Waals surface area contributed by atoms with Gasteiger partial charge >= 0.3 is 0 Å². The molecule has 1 amide bonds. The predicted molar refractivity (Wildman–Crippen MR) is 90.2 cm³/mol. The molecule has 7 heteroatoms. The molecule has 3 rings (SSSR count). The molecule has 0 aliphatic heterocycles. The van der Waals surface area contributed by atoms with Crippen LogP contribution in [0.2, 0.25) is 5.02 Å². The molecule has 122 valence electrons. The zero-order valence-corrected chi connectivity index (χ0v) is 13.8. The van der Waals surface area contributed by atoms with E-state index in [1.807, 2.05) is 0 Å². The van der Waals surface area contributed by atoms with Gasteiger partial charge in [-0.15, -0.1) is 5.10 Å². The molecule has 0 fully saturated rings. The van der Waals surface area contributed by atoms with E-state index < -0.39 is 11.7 Å². The molecule has 3 aromatic rings. The number of rotatable bonds is 3. The molecule has 0 bridgehead atoms. The molecule has 5 nitrogen and oxygen atoms in total. The van der Waals surface area contributed by atoms with E-state index in [4.69, 9.17) is 11.6 Å². The highest BCUT2D eigenvalue weighted by atomic mass is 35.5. The van der Waals surface area contributed by atoms with Gasteiger partial charge in [-0.25, -0.2) is 4.39 Å². The molecule has 0 saturated carbocycles. The Morgan fingerprint density at radius 2 is 1.96 bits per heavy atom. The van der Waals surface area contributed by atoms with Gasteiger partial charge in [-0.3, -0.25) is 4.79 Å². The SMILES string of the molecule is Cc1ccc(F)cc1NC(=O)c1nn(-c2cccc(Cl)c2)nc1C. The van der Waals surface area contributed by atoms with Gasteiger partial charge in [-0.2, -0.15) is 9.90 Å². The van der Waals surface area contributed by atoms with Crippen LogP contribution in [0.15, 0.2) is 42.5 Å². The molecule has 24 heavy (non-hydrogen) atoms. The standard InChI is InChI=1S/C17H14ClFN4O/c1-10-6-7-13(19)9-15(10)20-17(24)16-11(2)21-23(22-16)14-5-3-4-12(18)8-14/h3-9H,1-2H3,(H,20,24). The zero-order chi connectivity index (χ0) is 17.3. The van der Waals surface area contributed by atoms with Gasteiger partial charge in [0.15, 0.2) is 5.69 Å². The maximum Gasteiger partial charge on any atom is 0.278 e. The average molecular weight is 345 g/mol. The Morgan fingerprint density at radius 3 is 2.71 bits per heavy atom. The highest BCUT2D eigenvalue weighted by molar-refractivity contribution is 6.30. The lowest BCUT2D eigenvalue weighted by Crippen LogP contribution is -2.15. The van der Waals surface area contributed by atoms with Gasteiger partial charge in [0, 0.05) is 10.7 Å². The Labute approximate surface area is 143 Å². The summed E-state index contributed by atoms with van der Waals surface area (Å²) in [4.78, 5) is 13.8. The minimum atomic E-state index is -0.450. The molecular weight excluding hydrogens is 331 g/mol. The lowest BCUT2D eigenvalue weighted by Gasteiger charge is -2.07. The summed E-state index contributed by atoms with van der Waals surface area (Å²) < 4.78 is 13.3. The van der Waals surface area contributed by atoms with E-state index in [2.05, 4.69) is 15.5 Å². The number of nitrogens with zero attached hydrogens (tertiary/aromatic N) is 3. The number of hydrogen-bond acceptors (Lipinski definition) is 3. The number of carbonyl (C=O) groups is 1. The van der Waals surface area contributed by atoms with Crippen molar-refractivity contribution in [1.82, 2.24) is 15.0 Å². The van der Waals surface area contributed by atoms with E-state index in [9.17, 15) is 9.18 Å². The summed E-state index contributed by atoms with van der Waals surface area (Å²) in [6.07, 6.45) is 0. The highest BCUT2D eigenvalue weighted by Gasteiger charge is 2.17. The molecule has 1 aromatic heterocycles. The Morgan fingerprint density at radius 1 is 1.17 bits per heavy atom. The third-order valence-electron chi connectivity index (χ3n) is 3.48. The van der Waals surface area contributed by atoms with Crippen molar-refractivity contribution in [2.75, 3.05) is 5.32 Å². The number of carbonyl (C=O) groups excluding carboxylic acids is 1. The Balaban J connectivity index is 1.90. The van der Waals surface area contributed by atoms with Crippen molar-refractivity contribution in [1.29, 1.82) is 0 Å². The van der Waals surface area contributed by atoms with Crippen molar-refractivity contribution < 1.29 is 9.18 Å². The molecule has 1 N–H and O–H groups in total. The molecule has 2 aromatic carbocycles. The molecule has 0 aliphatic rings. The Kier molecular flexibility index (Phi) is 4.31. The number of halogens is 2. The molecule has 0 unspecified atom stereocenters. The van der Waals surface area contributed by atoms with Crippen LogP contribution in [0.5, 0.6) is 0 Å². The largest absolute Gasteiger partial charge is 0.320 e. The van der Waals surface area contributed by atoms with Crippen molar-refractivity contribution in [2.45, 2.75) is 13.8 Å².